The molecule has 1 amide bonds. The number of hydrogen-bond acceptors (Lipinski definition) is 4. The van der Waals surface area contributed by atoms with Crippen LogP contribution in [0.1, 0.15) is 31.4 Å². The van der Waals surface area contributed by atoms with Crippen molar-refractivity contribution in [3.63, 3.8) is 0 Å². The minimum absolute atomic E-state index is 0.0392. The summed E-state index contributed by atoms with van der Waals surface area (Å²) in [6, 6.07) is 3.56. The molecule has 1 aliphatic carbocycles. The van der Waals surface area contributed by atoms with Crippen LogP contribution >= 0.6 is 0 Å². The topological polar surface area (TPSA) is 88.5 Å². The highest BCUT2D eigenvalue weighted by molar-refractivity contribution is 5.84. The van der Waals surface area contributed by atoms with E-state index < -0.39 is 5.97 Å². The molecule has 6 heteroatoms. The summed E-state index contributed by atoms with van der Waals surface area (Å²) in [5.74, 6) is -0.679. The highest BCUT2D eigenvalue weighted by atomic mass is 16.5. The lowest BCUT2D eigenvalue weighted by Gasteiger charge is -2.12. The summed E-state index contributed by atoms with van der Waals surface area (Å²) >= 11 is 0. The Balaban J connectivity index is 1.77. The van der Waals surface area contributed by atoms with Gasteiger partial charge >= 0.3 is 5.97 Å². The largest absolute Gasteiger partial charge is 0.482 e. The third-order valence-electron chi connectivity index (χ3n) is 3.25. The van der Waals surface area contributed by atoms with Crippen molar-refractivity contribution < 1.29 is 19.4 Å². The van der Waals surface area contributed by atoms with Gasteiger partial charge in [-0.05, 0) is 31.1 Å². The maximum atomic E-state index is 11.7. The van der Waals surface area contributed by atoms with E-state index in [-0.39, 0.29) is 18.6 Å². The molecule has 0 radical (unpaired) electrons. The molecule has 0 aliphatic heterocycles. The molecular formula is C15H18N2O4. The molecule has 21 heavy (non-hydrogen) atoms. The lowest BCUT2D eigenvalue weighted by atomic mass is 10.2. The van der Waals surface area contributed by atoms with Crippen LogP contribution in [0.4, 0.5) is 0 Å². The van der Waals surface area contributed by atoms with Crippen molar-refractivity contribution in [1.29, 1.82) is 0 Å². The van der Waals surface area contributed by atoms with E-state index in [0.717, 1.165) is 18.9 Å². The maximum Gasteiger partial charge on any atom is 0.328 e. The molecule has 0 unspecified atom stereocenters. The number of hydrogen-bond donors (Lipinski definition) is 2. The molecule has 2 N–H and O–H groups in total. The van der Waals surface area contributed by atoms with E-state index in [1.54, 1.807) is 12.1 Å². The van der Waals surface area contributed by atoms with E-state index in [1.807, 2.05) is 0 Å². The van der Waals surface area contributed by atoms with E-state index in [0.29, 0.717) is 11.4 Å². The first kappa shape index (κ1) is 15.0. The highest BCUT2D eigenvalue weighted by Crippen LogP contribution is 2.17. The number of ether oxygens (including phenoxy) is 1. The molecule has 1 aromatic heterocycles. The first-order valence-electron chi connectivity index (χ1n) is 6.93. The number of aliphatic carboxylic acids is 1. The van der Waals surface area contributed by atoms with Gasteiger partial charge in [-0.15, -0.1) is 0 Å². The van der Waals surface area contributed by atoms with Gasteiger partial charge in [0.25, 0.3) is 5.91 Å². The molecule has 1 heterocycles. The minimum atomic E-state index is -1.03. The minimum Gasteiger partial charge on any atom is -0.482 e. The first-order chi connectivity index (χ1) is 10.1. The molecule has 1 saturated carbocycles. The summed E-state index contributed by atoms with van der Waals surface area (Å²) in [5.41, 5.74) is 0.514. The van der Waals surface area contributed by atoms with Crippen LogP contribution in [0.25, 0.3) is 6.08 Å². The zero-order chi connectivity index (χ0) is 15.1. The number of nitrogens with one attached hydrogen (secondary N) is 1. The van der Waals surface area contributed by atoms with Crippen LogP contribution < -0.4 is 10.1 Å². The van der Waals surface area contributed by atoms with E-state index in [2.05, 4.69) is 10.3 Å². The van der Waals surface area contributed by atoms with Gasteiger partial charge in [-0.3, -0.25) is 9.78 Å². The number of carboxylic acids is 1. The molecule has 0 atom stereocenters. The fraction of sp³-hybridized carbons (Fsp3) is 0.400. The predicted molar refractivity (Wildman–Crippen MR) is 76.8 cm³/mol. The fourth-order valence-electron chi connectivity index (χ4n) is 2.22. The Labute approximate surface area is 122 Å². The number of nitrogens with zero attached hydrogens (tertiary/aromatic N) is 1. The van der Waals surface area contributed by atoms with Crippen molar-refractivity contribution in [3.05, 3.63) is 30.1 Å². The van der Waals surface area contributed by atoms with E-state index in [4.69, 9.17) is 9.84 Å². The zero-order valence-electron chi connectivity index (χ0n) is 11.6. The zero-order valence-corrected chi connectivity index (χ0v) is 11.6. The van der Waals surface area contributed by atoms with Gasteiger partial charge in [0.1, 0.15) is 5.75 Å². The summed E-state index contributed by atoms with van der Waals surface area (Å²) in [5, 5.41) is 11.4. The summed E-state index contributed by atoms with van der Waals surface area (Å²) in [7, 11) is 0. The molecule has 0 bridgehead atoms. The Morgan fingerprint density at radius 3 is 2.76 bits per heavy atom. The summed E-state index contributed by atoms with van der Waals surface area (Å²) in [6.45, 7) is -0.0392. The average Bonchev–Trinajstić information content (AvgIpc) is 2.97. The fourth-order valence-corrected chi connectivity index (χ4v) is 2.22. The molecular weight excluding hydrogens is 272 g/mol. The van der Waals surface area contributed by atoms with Crippen molar-refractivity contribution in [1.82, 2.24) is 10.3 Å². The first-order valence-corrected chi connectivity index (χ1v) is 6.93. The molecule has 0 aromatic carbocycles. The number of amides is 1. The second-order valence-corrected chi connectivity index (χ2v) is 4.93. The summed E-state index contributed by atoms with van der Waals surface area (Å²) < 4.78 is 5.34. The summed E-state index contributed by atoms with van der Waals surface area (Å²) in [6.07, 6.45) is 8.28. The van der Waals surface area contributed by atoms with Crippen LogP contribution in [0.5, 0.6) is 5.75 Å². The van der Waals surface area contributed by atoms with E-state index in [9.17, 15) is 9.59 Å². The van der Waals surface area contributed by atoms with Crippen LogP contribution in [-0.4, -0.2) is 34.6 Å². The smallest absolute Gasteiger partial charge is 0.328 e. The average molecular weight is 290 g/mol. The third-order valence-corrected chi connectivity index (χ3v) is 3.25. The molecule has 1 aromatic rings. The normalized spacial score (nSPS) is 15.2. The number of pyridine rings is 1. The Morgan fingerprint density at radius 1 is 1.38 bits per heavy atom. The number of carbonyl (C=O) groups is 2. The Morgan fingerprint density at radius 2 is 2.14 bits per heavy atom. The SMILES string of the molecule is O=C(O)C=Cc1ccc(OCC(=O)NC2CCCC2)cn1. The van der Waals surface area contributed by atoms with Gasteiger partial charge < -0.3 is 15.2 Å². The Bertz CT molecular complexity index is 519. The quantitative estimate of drug-likeness (QED) is 0.777. The van der Waals surface area contributed by atoms with Crippen LogP contribution in [0.15, 0.2) is 24.4 Å². The second-order valence-electron chi connectivity index (χ2n) is 4.93. The monoisotopic (exact) mass is 290 g/mol. The van der Waals surface area contributed by atoms with Crippen LogP contribution in [0.3, 0.4) is 0 Å². The lowest BCUT2D eigenvalue weighted by Crippen LogP contribution is -2.36. The number of aromatic nitrogens is 1. The van der Waals surface area contributed by atoms with Gasteiger partial charge in [0.15, 0.2) is 6.61 Å². The molecule has 2 rings (SSSR count). The standard InChI is InChI=1S/C15H18N2O4/c18-14(17-12-3-1-2-4-12)10-21-13-7-5-11(16-9-13)6-8-15(19)20/h5-9,12H,1-4,10H2,(H,17,18)(H,19,20). The van der Waals surface area contributed by atoms with Gasteiger partial charge in [0.05, 0.1) is 11.9 Å². The number of carboxylic acid groups (broad SMARTS) is 1. The molecule has 0 saturated heterocycles. The molecule has 112 valence electrons. The van der Waals surface area contributed by atoms with Gasteiger partial charge in [0.2, 0.25) is 0 Å². The van der Waals surface area contributed by atoms with Crippen molar-refractivity contribution in [3.8, 4) is 5.75 Å². The lowest BCUT2D eigenvalue weighted by molar-refractivity contribution is -0.131. The molecule has 1 aliphatic rings. The van der Waals surface area contributed by atoms with Crippen molar-refractivity contribution in [2.45, 2.75) is 31.7 Å². The van der Waals surface area contributed by atoms with Crippen molar-refractivity contribution in [2.75, 3.05) is 6.61 Å². The predicted octanol–water partition coefficient (Wildman–Crippen LogP) is 1.62. The van der Waals surface area contributed by atoms with Crippen molar-refractivity contribution in [2.24, 2.45) is 0 Å². The van der Waals surface area contributed by atoms with Crippen LogP contribution in [0, 0.1) is 0 Å². The maximum absolute atomic E-state index is 11.7. The van der Waals surface area contributed by atoms with Gasteiger partial charge in [0, 0.05) is 12.1 Å². The van der Waals surface area contributed by atoms with Crippen LogP contribution in [-0.2, 0) is 9.59 Å². The number of rotatable bonds is 6. The second kappa shape index (κ2) is 7.42. The highest BCUT2D eigenvalue weighted by Gasteiger charge is 2.17. The Hall–Kier alpha value is -2.37. The summed E-state index contributed by atoms with van der Waals surface area (Å²) in [4.78, 5) is 26.1. The van der Waals surface area contributed by atoms with Crippen LogP contribution in [0.2, 0.25) is 0 Å². The number of carbonyl (C=O) groups excluding carboxylic acids is 1. The van der Waals surface area contributed by atoms with Gasteiger partial charge in [-0.2, -0.15) is 0 Å². The molecule has 1 fully saturated rings. The van der Waals surface area contributed by atoms with E-state index >= 15 is 0 Å². The molecule has 0 spiro atoms. The molecule has 6 nitrogen and oxygen atoms in total. The third kappa shape index (κ3) is 5.25. The van der Waals surface area contributed by atoms with Crippen molar-refractivity contribution >= 4 is 18.0 Å². The van der Waals surface area contributed by atoms with Gasteiger partial charge in [-0.1, -0.05) is 12.8 Å². The van der Waals surface area contributed by atoms with Gasteiger partial charge in [-0.25, -0.2) is 4.79 Å². The Kier molecular flexibility index (Phi) is 5.31. The van der Waals surface area contributed by atoms with E-state index in [1.165, 1.54) is 25.1 Å².